The Morgan fingerprint density at radius 3 is 2.85 bits per heavy atom. The molecule has 2 rings (SSSR count). The fourth-order valence-electron chi connectivity index (χ4n) is 2.07. The predicted octanol–water partition coefficient (Wildman–Crippen LogP) is -1.55. The zero-order valence-electron chi connectivity index (χ0n) is 10.2. The summed E-state index contributed by atoms with van der Waals surface area (Å²) in [6.07, 6.45) is -1.52. The Morgan fingerprint density at radius 2 is 2.30 bits per heavy atom. The van der Waals surface area contributed by atoms with Gasteiger partial charge in [0.15, 0.2) is 0 Å². The van der Waals surface area contributed by atoms with Crippen LogP contribution in [-0.2, 0) is 14.3 Å². The molecule has 9 nitrogen and oxygen atoms in total. The first-order chi connectivity index (χ1) is 9.46. The van der Waals surface area contributed by atoms with Crippen molar-refractivity contribution in [3.05, 3.63) is 11.3 Å². The molecule has 10 heteroatoms. The number of amides is 2. The number of carboxylic acid groups (broad SMARTS) is 1. The summed E-state index contributed by atoms with van der Waals surface area (Å²) in [4.78, 5) is 34.9. The van der Waals surface area contributed by atoms with E-state index in [1.165, 1.54) is 5.41 Å². The highest BCUT2D eigenvalue weighted by Crippen LogP contribution is 2.52. The Labute approximate surface area is 117 Å². The van der Waals surface area contributed by atoms with Gasteiger partial charge in [0.25, 0.3) is 0 Å². The summed E-state index contributed by atoms with van der Waals surface area (Å²) in [6, 6.07) is 0. The van der Waals surface area contributed by atoms with Crippen LogP contribution in [0.2, 0.25) is 0 Å². The molecule has 20 heavy (non-hydrogen) atoms. The fraction of sp³-hybridized carbons (Fsp3) is 0.500. The van der Waals surface area contributed by atoms with Crippen molar-refractivity contribution >= 4 is 29.7 Å². The Kier molecular flexibility index (Phi) is 3.88. The van der Waals surface area contributed by atoms with Crippen molar-refractivity contribution in [2.45, 2.75) is 5.37 Å². The van der Waals surface area contributed by atoms with Crippen molar-refractivity contribution in [3.8, 4) is 0 Å². The summed E-state index contributed by atoms with van der Waals surface area (Å²) < 4.78 is 4.47. The molecule has 2 amide bonds. The lowest BCUT2D eigenvalue weighted by Gasteiger charge is -2.51. The fourth-order valence-corrected chi connectivity index (χ4v) is 3.32. The van der Waals surface area contributed by atoms with Gasteiger partial charge in [-0.15, -0.1) is 11.8 Å². The van der Waals surface area contributed by atoms with Gasteiger partial charge in [-0.2, -0.15) is 0 Å². The van der Waals surface area contributed by atoms with Gasteiger partial charge in [-0.25, -0.2) is 4.79 Å². The van der Waals surface area contributed by atoms with E-state index in [0.29, 0.717) is 0 Å². The monoisotopic (exact) mass is 303 g/mol. The third kappa shape index (κ3) is 2.11. The smallest absolute Gasteiger partial charge is 0.449 e. The van der Waals surface area contributed by atoms with Gasteiger partial charge in [0.05, 0.1) is 13.2 Å². The van der Waals surface area contributed by atoms with Crippen molar-refractivity contribution in [2.24, 2.45) is 11.1 Å². The van der Waals surface area contributed by atoms with E-state index in [2.05, 4.69) is 10.1 Å². The van der Waals surface area contributed by atoms with E-state index in [4.69, 9.17) is 10.8 Å². The molecule has 1 saturated heterocycles. The molecule has 2 heterocycles. The molecule has 2 aliphatic rings. The average molecular weight is 303 g/mol. The van der Waals surface area contributed by atoms with Crippen LogP contribution in [0.1, 0.15) is 0 Å². The number of hydrogen-bond donors (Lipinski definition) is 4. The van der Waals surface area contributed by atoms with Crippen LogP contribution in [0.5, 0.6) is 0 Å². The SMILES string of the molecule is NCC(=O)NC[C@]1(CO)C(=O)N2C(OC(=O)O)=CS[C@@H]21. The minimum absolute atomic E-state index is 0.0687. The van der Waals surface area contributed by atoms with E-state index >= 15 is 0 Å². The van der Waals surface area contributed by atoms with Crippen LogP contribution in [0.3, 0.4) is 0 Å². The van der Waals surface area contributed by atoms with E-state index in [1.54, 1.807) is 0 Å². The number of hydrogen-bond acceptors (Lipinski definition) is 7. The maximum Gasteiger partial charge on any atom is 0.512 e. The summed E-state index contributed by atoms with van der Waals surface area (Å²) in [6.45, 7) is -0.761. The van der Waals surface area contributed by atoms with E-state index in [0.717, 1.165) is 16.7 Å². The molecule has 0 bridgehead atoms. The van der Waals surface area contributed by atoms with Gasteiger partial charge in [-0.3, -0.25) is 14.5 Å². The third-order valence-electron chi connectivity index (χ3n) is 3.15. The largest absolute Gasteiger partial charge is 0.512 e. The number of nitrogens with zero attached hydrogens (tertiary/aromatic N) is 1. The second-order valence-electron chi connectivity index (χ2n) is 4.28. The maximum absolute atomic E-state index is 12.1. The van der Waals surface area contributed by atoms with Crippen molar-refractivity contribution in [1.82, 2.24) is 10.2 Å². The van der Waals surface area contributed by atoms with E-state index in [1.807, 2.05) is 0 Å². The van der Waals surface area contributed by atoms with Gasteiger partial charge < -0.3 is 26.0 Å². The first kappa shape index (κ1) is 14.6. The molecule has 0 aromatic carbocycles. The molecule has 5 N–H and O–H groups in total. The number of β-lactam (4-membered cyclic amide) rings is 1. The topological polar surface area (TPSA) is 142 Å². The maximum atomic E-state index is 12.1. The van der Waals surface area contributed by atoms with Gasteiger partial charge in [-0.1, -0.05) is 0 Å². The second-order valence-corrected chi connectivity index (χ2v) is 5.24. The minimum atomic E-state index is -1.52. The van der Waals surface area contributed by atoms with Crippen molar-refractivity contribution in [3.63, 3.8) is 0 Å². The molecular formula is C10H13N3O6S. The molecule has 0 spiro atoms. The Hall–Kier alpha value is -1.78. The average Bonchev–Trinajstić information content (AvgIpc) is 2.78. The Bertz CT molecular complexity index is 495. The Balaban J connectivity index is 2.07. The molecule has 0 aromatic rings. The zero-order chi connectivity index (χ0) is 14.9. The van der Waals surface area contributed by atoms with Crippen LogP contribution in [0.25, 0.3) is 0 Å². The van der Waals surface area contributed by atoms with Crippen LogP contribution < -0.4 is 11.1 Å². The molecular weight excluding hydrogens is 290 g/mol. The highest BCUT2D eigenvalue weighted by Gasteiger charge is 2.64. The number of fused-ring (bicyclic) bond motifs is 1. The van der Waals surface area contributed by atoms with Gasteiger partial charge in [-0.05, 0) is 0 Å². The summed E-state index contributed by atoms with van der Waals surface area (Å²) in [5, 5.41) is 21.4. The van der Waals surface area contributed by atoms with Gasteiger partial charge in [0.2, 0.25) is 17.7 Å². The molecule has 0 aliphatic carbocycles. The number of rotatable bonds is 5. The molecule has 0 radical (unpaired) electrons. The number of nitrogens with two attached hydrogens (primary N) is 1. The van der Waals surface area contributed by atoms with Crippen LogP contribution >= 0.6 is 11.8 Å². The molecule has 2 atom stereocenters. The number of aliphatic hydroxyl groups is 1. The second kappa shape index (κ2) is 5.31. The van der Waals surface area contributed by atoms with E-state index < -0.39 is 35.4 Å². The lowest BCUT2D eigenvalue weighted by molar-refractivity contribution is -0.167. The third-order valence-corrected chi connectivity index (χ3v) is 4.41. The van der Waals surface area contributed by atoms with Crippen molar-refractivity contribution < 1.29 is 29.3 Å². The van der Waals surface area contributed by atoms with Crippen LogP contribution in [0.15, 0.2) is 11.3 Å². The highest BCUT2D eigenvalue weighted by molar-refractivity contribution is 8.03. The zero-order valence-corrected chi connectivity index (χ0v) is 11.1. The first-order valence-electron chi connectivity index (χ1n) is 5.64. The molecule has 0 saturated carbocycles. The number of nitrogens with one attached hydrogen (secondary N) is 1. The lowest BCUT2D eigenvalue weighted by Crippen LogP contribution is -2.70. The summed E-state index contributed by atoms with van der Waals surface area (Å²) in [7, 11) is 0. The normalized spacial score (nSPS) is 27.5. The standard InChI is InChI=1S/C10H13N3O6S/c11-1-5(15)12-3-10(4-14)7(16)13-6(19-9(17)18)2-20-8(10)13/h2,8,14H,1,3-4,11H2,(H,12,15)(H,17,18)/t8-,10+/m1/s1. The van der Waals surface area contributed by atoms with Crippen molar-refractivity contribution in [2.75, 3.05) is 19.7 Å². The minimum Gasteiger partial charge on any atom is -0.449 e. The number of carbonyl (C=O) groups is 3. The molecule has 1 fully saturated rings. The van der Waals surface area contributed by atoms with Crippen LogP contribution in [0, 0.1) is 5.41 Å². The number of aliphatic hydroxyl groups excluding tert-OH is 1. The quantitative estimate of drug-likeness (QED) is 0.353. The molecule has 0 unspecified atom stereocenters. The van der Waals surface area contributed by atoms with Crippen LogP contribution in [0.4, 0.5) is 4.79 Å². The summed E-state index contributed by atoms with van der Waals surface area (Å²) in [5.41, 5.74) is 3.97. The predicted molar refractivity (Wildman–Crippen MR) is 67.0 cm³/mol. The number of carbonyl (C=O) groups excluding carboxylic acids is 2. The van der Waals surface area contributed by atoms with Gasteiger partial charge in [0, 0.05) is 12.0 Å². The number of ether oxygens (including phenoxy) is 1. The van der Waals surface area contributed by atoms with Gasteiger partial charge >= 0.3 is 6.16 Å². The van der Waals surface area contributed by atoms with E-state index in [9.17, 15) is 19.5 Å². The number of thioether (sulfide) groups is 1. The first-order valence-corrected chi connectivity index (χ1v) is 6.58. The summed E-state index contributed by atoms with van der Waals surface area (Å²) in [5.74, 6) is -1.03. The van der Waals surface area contributed by atoms with Crippen LogP contribution in [-0.4, -0.2) is 58.2 Å². The molecule has 110 valence electrons. The highest BCUT2D eigenvalue weighted by atomic mass is 32.2. The molecule has 0 aromatic heterocycles. The van der Waals surface area contributed by atoms with Gasteiger partial charge in [0.1, 0.15) is 10.8 Å². The summed E-state index contributed by atoms with van der Waals surface area (Å²) >= 11 is 1.15. The van der Waals surface area contributed by atoms with Crippen molar-refractivity contribution in [1.29, 1.82) is 0 Å². The van der Waals surface area contributed by atoms with E-state index in [-0.39, 0.29) is 19.0 Å². The lowest BCUT2D eigenvalue weighted by atomic mass is 9.78. The Morgan fingerprint density at radius 1 is 1.60 bits per heavy atom. The molecule has 2 aliphatic heterocycles.